The van der Waals surface area contributed by atoms with E-state index in [0.717, 1.165) is 15.3 Å². The molecule has 0 aliphatic heterocycles. The molecule has 0 unspecified atom stereocenters. The summed E-state index contributed by atoms with van der Waals surface area (Å²) in [5.41, 5.74) is 1.43. The third-order valence-corrected chi connectivity index (χ3v) is 3.64. The Hall–Kier alpha value is -1.27. The molecule has 0 saturated carbocycles. The predicted molar refractivity (Wildman–Crippen MR) is 71.5 cm³/mol. The Kier molecular flexibility index (Phi) is 3.54. The molecule has 0 aromatic carbocycles. The van der Waals surface area contributed by atoms with Crippen LogP contribution < -0.4 is 5.32 Å². The lowest BCUT2D eigenvalue weighted by Crippen LogP contribution is -2.11. The molecule has 0 fully saturated rings. The second-order valence-electron chi connectivity index (χ2n) is 3.47. The number of carbonyl (C=O) groups excluding carboxylic acids is 1. The van der Waals surface area contributed by atoms with Gasteiger partial charge >= 0.3 is 0 Å². The lowest BCUT2D eigenvalue weighted by atomic mass is 10.3. The van der Waals surface area contributed by atoms with Gasteiger partial charge in [0.1, 0.15) is 9.48 Å². The second-order valence-corrected chi connectivity index (χ2v) is 5.49. The summed E-state index contributed by atoms with van der Waals surface area (Å²) in [5, 5.41) is 3.68. The summed E-state index contributed by atoms with van der Waals surface area (Å²) >= 11 is 4.63. The lowest BCUT2D eigenvalue weighted by Gasteiger charge is -2.03. The largest absolute Gasteiger partial charge is 0.320 e. The van der Waals surface area contributed by atoms with E-state index in [-0.39, 0.29) is 5.91 Å². The smallest absolute Gasteiger partial charge is 0.267 e. The molecule has 0 radical (unpaired) electrons. The van der Waals surface area contributed by atoms with Gasteiger partial charge in [-0.2, -0.15) is 0 Å². The molecule has 4 nitrogen and oxygen atoms in total. The number of aromatic nitrogens is 2. The first-order chi connectivity index (χ1) is 8.06. The first kappa shape index (κ1) is 12.2. The molecule has 0 spiro atoms. The number of hydrogen-bond acceptors (Lipinski definition) is 4. The number of carbonyl (C=O) groups is 1. The highest BCUT2D eigenvalue weighted by atomic mass is 79.9. The first-order valence-corrected chi connectivity index (χ1v) is 6.54. The Labute approximate surface area is 111 Å². The van der Waals surface area contributed by atoms with Crippen molar-refractivity contribution in [3.8, 4) is 0 Å². The van der Waals surface area contributed by atoms with Gasteiger partial charge in [0, 0.05) is 0 Å². The molecule has 0 aliphatic rings. The number of amides is 1. The van der Waals surface area contributed by atoms with Gasteiger partial charge in [-0.1, -0.05) is 0 Å². The molecule has 17 heavy (non-hydrogen) atoms. The van der Waals surface area contributed by atoms with Crippen molar-refractivity contribution in [2.45, 2.75) is 13.8 Å². The summed E-state index contributed by atoms with van der Waals surface area (Å²) in [4.78, 5) is 20.9. The summed E-state index contributed by atoms with van der Waals surface area (Å²) < 4.78 is 0.736. The number of hydrogen-bond donors (Lipinski definition) is 1. The molecule has 0 bridgehead atoms. The number of rotatable bonds is 2. The van der Waals surface area contributed by atoms with Crippen molar-refractivity contribution in [1.82, 2.24) is 9.97 Å². The monoisotopic (exact) mass is 311 g/mol. The van der Waals surface area contributed by atoms with Crippen LogP contribution in [0.3, 0.4) is 0 Å². The molecular weight excluding hydrogens is 302 g/mol. The Balaban J connectivity index is 2.17. The van der Waals surface area contributed by atoms with E-state index in [9.17, 15) is 4.79 Å². The molecule has 0 atom stereocenters. The number of anilines is 1. The van der Waals surface area contributed by atoms with Crippen molar-refractivity contribution >= 4 is 38.9 Å². The van der Waals surface area contributed by atoms with Crippen LogP contribution in [-0.2, 0) is 0 Å². The van der Waals surface area contributed by atoms with E-state index in [0.29, 0.717) is 10.6 Å². The number of aryl methyl sites for hydroxylation is 2. The molecule has 2 aromatic rings. The molecule has 0 aliphatic carbocycles. The predicted octanol–water partition coefficient (Wildman–Crippen LogP) is 3.17. The average Bonchev–Trinajstić information content (AvgIpc) is 2.61. The molecule has 2 rings (SSSR count). The number of thiazole rings is 1. The minimum Gasteiger partial charge on any atom is -0.320 e. The van der Waals surface area contributed by atoms with Gasteiger partial charge in [-0.05, 0) is 41.9 Å². The SMILES string of the molecule is Cc1nc(C)c(C(=O)Nc2ccc(Br)nc2)s1. The van der Waals surface area contributed by atoms with Crippen LogP contribution in [0.1, 0.15) is 20.4 Å². The number of nitrogens with zero attached hydrogens (tertiary/aromatic N) is 2. The maximum Gasteiger partial charge on any atom is 0.267 e. The zero-order chi connectivity index (χ0) is 12.4. The third kappa shape index (κ3) is 2.89. The molecule has 1 N–H and O–H groups in total. The zero-order valence-corrected chi connectivity index (χ0v) is 11.7. The normalized spacial score (nSPS) is 10.3. The Morgan fingerprint density at radius 1 is 1.41 bits per heavy atom. The van der Waals surface area contributed by atoms with Crippen LogP contribution in [0.5, 0.6) is 0 Å². The van der Waals surface area contributed by atoms with Gasteiger partial charge in [-0.15, -0.1) is 11.3 Å². The molecule has 1 amide bonds. The molecule has 2 aromatic heterocycles. The number of nitrogens with one attached hydrogen (secondary N) is 1. The van der Waals surface area contributed by atoms with Gasteiger partial charge in [0.15, 0.2) is 0 Å². The fraction of sp³-hybridized carbons (Fsp3) is 0.182. The summed E-state index contributed by atoms with van der Waals surface area (Å²) in [7, 11) is 0. The van der Waals surface area contributed by atoms with E-state index >= 15 is 0 Å². The van der Waals surface area contributed by atoms with E-state index < -0.39 is 0 Å². The standard InChI is InChI=1S/C11H10BrN3OS/c1-6-10(17-7(2)14-6)11(16)15-8-3-4-9(12)13-5-8/h3-5H,1-2H3,(H,15,16). The van der Waals surface area contributed by atoms with E-state index in [1.165, 1.54) is 11.3 Å². The van der Waals surface area contributed by atoms with Crippen LogP contribution in [0, 0.1) is 13.8 Å². The van der Waals surface area contributed by atoms with Gasteiger partial charge < -0.3 is 5.32 Å². The van der Waals surface area contributed by atoms with Crippen LogP contribution in [0.25, 0.3) is 0 Å². The van der Waals surface area contributed by atoms with Gasteiger partial charge in [-0.3, -0.25) is 4.79 Å². The van der Waals surface area contributed by atoms with Crippen LogP contribution >= 0.6 is 27.3 Å². The van der Waals surface area contributed by atoms with Crippen molar-refractivity contribution in [2.75, 3.05) is 5.32 Å². The molecular formula is C11H10BrN3OS. The Bertz CT molecular complexity index is 550. The molecule has 6 heteroatoms. The van der Waals surface area contributed by atoms with E-state index in [4.69, 9.17) is 0 Å². The highest BCUT2D eigenvalue weighted by Crippen LogP contribution is 2.19. The summed E-state index contributed by atoms with van der Waals surface area (Å²) in [5.74, 6) is -0.141. The number of halogens is 1. The van der Waals surface area contributed by atoms with Crippen LogP contribution in [-0.4, -0.2) is 15.9 Å². The topological polar surface area (TPSA) is 54.9 Å². The van der Waals surface area contributed by atoms with E-state index in [1.54, 1.807) is 18.3 Å². The van der Waals surface area contributed by atoms with Gasteiger partial charge in [0.05, 0.1) is 22.6 Å². The highest BCUT2D eigenvalue weighted by Gasteiger charge is 2.13. The van der Waals surface area contributed by atoms with Crippen LogP contribution in [0.4, 0.5) is 5.69 Å². The van der Waals surface area contributed by atoms with Gasteiger partial charge in [0.25, 0.3) is 5.91 Å². The van der Waals surface area contributed by atoms with E-state index in [1.807, 2.05) is 13.8 Å². The molecule has 0 saturated heterocycles. The van der Waals surface area contributed by atoms with Crippen molar-refractivity contribution in [2.24, 2.45) is 0 Å². The van der Waals surface area contributed by atoms with Crippen molar-refractivity contribution < 1.29 is 4.79 Å². The van der Waals surface area contributed by atoms with Crippen molar-refractivity contribution in [3.05, 3.63) is 38.5 Å². The third-order valence-electron chi connectivity index (χ3n) is 2.10. The van der Waals surface area contributed by atoms with Gasteiger partial charge in [0.2, 0.25) is 0 Å². The van der Waals surface area contributed by atoms with E-state index in [2.05, 4.69) is 31.2 Å². The van der Waals surface area contributed by atoms with Crippen molar-refractivity contribution in [1.29, 1.82) is 0 Å². The quantitative estimate of drug-likeness (QED) is 0.867. The summed E-state index contributed by atoms with van der Waals surface area (Å²) in [6.07, 6.45) is 1.60. The average molecular weight is 312 g/mol. The minimum absolute atomic E-state index is 0.141. The summed E-state index contributed by atoms with van der Waals surface area (Å²) in [6, 6.07) is 3.57. The second kappa shape index (κ2) is 4.93. The fourth-order valence-electron chi connectivity index (χ4n) is 1.38. The lowest BCUT2D eigenvalue weighted by molar-refractivity contribution is 0.103. The Morgan fingerprint density at radius 2 is 2.18 bits per heavy atom. The number of pyridine rings is 1. The van der Waals surface area contributed by atoms with Gasteiger partial charge in [-0.25, -0.2) is 9.97 Å². The Morgan fingerprint density at radius 3 is 2.71 bits per heavy atom. The minimum atomic E-state index is -0.141. The van der Waals surface area contributed by atoms with Crippen LogP contribution in [0.2, 0.25) is 0 Å². The zero-order valence-electron chi connectivity index (χ0n) is 9.32. The highest BCUT2D eigenvalue weighted by molar-refractivity contribution is 9.10. The maximum absolute atomic E-state index is 12.0. The first-order valence-electron chi connectivity index (χ1n) is 4.93. The summed E-state index contributed by atoms with van der Waals surface area (Å²) in [6.45, 7) is 3.72. The molecule has 2 heterocycles. The fourth-order valence-corrected chi connectivity index (χ4v) is 2.43. The maximum atomic E-state index is 12.0. The molecule has 88 valence electrons. The van der Waals surface area contributed by atoms with Crippen molar-refractivity contribution in [3.63, 3.8) is 0 Å². The van der Waals surface area contributed by atoms with Crippen LogP contribution in [0.15, 0.2) is 22.9 Å².